The molecule has 136 valence electrons. The first kappa shape index (κ1) is 16.7. The normalized spacial score (nSPS) is 18.7. The summed E-state index contributed by atoms with van der Waals surface area (Å²) in [5.74, 6) is 1.29. The van der Waals surface area contributed by atoms with Crippen molar-refractivity contribution in [1.29, 1.82) is 0 Å². The fourth-order valence-electron chi connectivity index (χ4n) is 3.89. The fourth-order valence-corrected chi connectivity index (χ4v) is 3.89. The Morgan fingerprint density at radius 1 is 1.19 bits per heavy atom. The Morgan fingerprint density at radius 2 is 1.92 bits per heavy atom. The molecule has 2 fully saturated rings. The quantitative estimate of drug-likeness (QED) is 0.792. The van der Waals surface area contributed by atoms with E-state index in [1.807, 2.05) is 29.2 Å². The van der Waals surface area contributed by atoms with Gasteiger partial charge in [-0.05, 0) is 42.7 Å². The highest BCUT2D eigenvalue weighted by Gasteiger charge is 2.53. The van der Waals surface area contributed by atoms with Crippen molar-refractivity contribution in [3.8, 4) is 5.75 Å². The van der Waals surface area contributed by atoms with Crippen molar-refractivity contribution < 1.29 is 18.7 Å². The maximum atomic E-state index is 12.8. The second-order valence-corrected chi connectivity index (χ2v) is 7.06. The van der Waals surface area contributed by atoms with Gasteiger partial charge in [0.1, 0.15) is 5.75 Å². The number of likely N-dealkylation sites (tertiary alicyclic amines) is 2. The summed E-state index contributed by atoms with van der Waals surface area (Å²) in [4.78, 5) is 28.8. The smallest absolute Gasteiger partial charge is 0.289 e. The van der Waals surface area contributed by atoms with E-state index >= 15 is 0 Å². The molecule has 0 N–H and O–H groups in total. The minimum absolute atomic E-state index is 0.0910. The van der Waals surface area contributed by atoms with Crippen molar-refractivity contribution in [3.05, 3.63) is 54.0 Å². The maximum Gasteiger partial charge on any atom is 0.289 e. The van der Waals surface area contributed by atoms with Crippen LogP contribution < -0.4 is 4.74 Å². The van der Waals surface area contributed by atoms with Crippen LogP contribution in [-0.2, 0) is 11.3 Å². The lowest BCUT2D eigenvalue weighted by atomic mass is 9.71. The average Bonchev–Trinajstić information content (AvgIpc) is 3.23. The Labute approximate surface area is 152 Å². The molecule has 6 heteroatoms. The molecule has 2 aliphatic heterocycles. The minimum Gasteiger partial charge on any atom is -0.497 e. The number of amides is 2. The molecule has 3 heterocycles. The van der Waals surface area contributed by atoms with E-state index < -0.39 is 0 Å². The summed E-state index contributed by atoms with van der Waals surface area (Å²) < 4.78 is 10.3. The van der Waals surface area contributed by atoms with Crippen LogP contribution in [0.5, 0.6) is 5.75 Å². The molecule has 0 unspecified atom stereocenters. The van der Waals surface area contributed by atoms with Crippen LogP contribution >= 0.6 is 0 Å². The van der Waals surface area contributed by atoms with Crippen LogP contribution in [0.15, 0.2) is 47.1 Å². The molecule has 0 aliphatic carbocycles. The zero-order valence-corrected chi connectivity index (χ0v) is 14.8. The van der Waals surface area contributed by atoms with Crippen molar-refractivity contribution in [3.63, 3.8) is 0 Å². The summed E-state index contributed by atoms with van der Waals surface area (Å²) in [6.45, 7) is 2.59. The third-order valence-corrected chi connectivity index (χ3v) is 5.51. The molecule has 26 heavy (non-hydrogen) atoms. The second kappa shape index (κ2) is 6.52. The molecule has 2 saturated heterocycles. The van der Waals surface area contributed by atoms with Gasteiger partial charge in [-0.25, -0.2) is 0 Å². The number of nitrogens with zero attached hydrogens (tertiary/aromatic N) is 2. The Hall–Kier alpha value is -2.76. The van der Waals surface area contributed by atoms with Gasteiger partial charge >= 0.3 is 0 Å². The number of hydrogen-bond acceptors (Lipinski definition) is 4. The predicted molar refractivity (Wildman–Crippen MR) is 94.7 cm³/mol. The molecule has 0 bridgehead atoms. The molecule has 0 atom stereocenters. The van der Waals surface area contributed by atoms with Gasteiger partial charge in [-0.3, -0.25) is 9.59 Å². The number of carbonyl (C=O) groups excluding carboxylic acids is 2. The Kier molecular flexibility index (Phi) is 4.18. The van der Waals surface area contributed by atoms with E-state index in [4.69, 9.17) is 9.15 Å². The maximum absolute atomic E-state index is 12.8. The zero-order chi connectivity index (χ0) is 18.1. The molecule has 2 aromatic rings. The summed E-state index contributed by atoms with van der Waals surface area (Å²) in [7, 11) is 1.64. The van der Waals surface area contributed by atoms with E-state index in [9.17, 15) is 9.59 Å². The van der Waals surface area contributed by atoms with Crippen LogP contribution in [0.4, 0.5) is 0 Å². The molecule has 6 nitrogen and oxygen atoms in total. The molecule has 1 aromatic heterocycles. The first-order valence-electron chi connectivity index (χ1n) is 8.86. The highest BCUT2D eigenvalue weighted by atomic mass is 16.5. The molecular formula is C20H22N2O4. The number of piperidine rings is 1. The fraction of sp³-hybridized carbons (Fsp3) is 0.400. The summed E-state index contributed by atoms with van der Waals surface area (Å²) in [5, 5.41) is 0. The van der Waals surface area contributed by atoms with Gasteiger partial charge in [0.2, 0.25) is 5.91 Å². The lowest BCUT2D eigenvalue weighted by Crippen LogP contribution is -2.64. The number of rotatable bonds is 4. The van der Waals surface area contributed by atoms with Crippen LogP contribution in [0.2, 0.25) is 0 Å². The molecule has 0 radical (unpaired) electrons. The van der Waals surface area contributed by atoms with E-state index in [2.05, 4.69) is 0 Å². The topological polar surface area (TPSA) is 63.0 Å². The van der Waals surface area contributed by atoms with E-state index in [-0.39, 0.29) is 17.2 Å². The SMILES string of the molecule is COc1ccc(CN2CC3(CCN(C(=O)c4ccco4)CC3)C2=O)cc1. The van der Waals surface area contributed by atoms with E-state index in [1.54, 1.807) is 24.1 Å². The predicted octanol–water partition coefficient (Wildman–Crippen LogP) is 2.55. The summed E-state index contributed by atoms with van der Waals surface area (Å²) in [6.07, 6.45) is 2.94. The van der Waals surface area contributed by atoms with E-state index in [0.717, 1.165) is 30.7 Å². The number of furan rings is 1. The molecule has 0 saturated carbocycles. The molecule has 2 amide bonds. The third kappa shape index (κ3) is 2.85. The van der Waals surface area contributed by atoms with Crippen LogP contribution in [0.3, 0.4) is 0 Å². The molecular weight excluding hydrogens is 332 g/mol. The average molecular weight is 354 g/mol. The van der Waals surface area contributed by atoms with Crippen molar-refractivity contribution in [1.82, 2.24) is 9.80 Å². The first-order chi connectivity index (χ1) is 12.6. The lowest BCUT2D eigenvalue weighted by molar-refractivity contribution is -0.165. The first-order valence-corrected chi connectivity index (χ1v) is 8.86. The van der Waals surface area contributed by atoms with Gasteiger partial charge in [0, 0.05) is 26.2 Å². The lowest BCUT2D eigenvalue weighted by Gasteiger charge is -2.52. The van der Waals surface area contributed by atoms with E-state index in [1.165, 1.54) is 6.26 Å². The molecule has 1 aromatic carbocycles. The number of hydrogen-bond donors (Lipinski definition) is 0. The van der Waals surface area contributed by atoms with Gasteiger partial charge in [0.05, 0.1) is 18.8 Å². The van der Waals surface area contributed by atoms with Crippen molar-refractivity contribution in [2.45, 2.75) is 19.4 Å². The largest absolute Gasteiger partial charge is 0.497 e. The van der Waals surface area contributed by atoms with Gasteiger partial charge in [0.25, 0.3) is 5.91 Å². The number of ether oxygens (including phenoxy) is 1. The Morgan fingerprint density at radius 3 is 2.50 bits per heavy atom. The standard InChI is InChI=1S/C20H22N2O4/c1-25-16-6-4-15(5-7-16)13-22-14-20(19(22)24)8-10-21(11-9-20)18(23)17-3-2-12-26-17/h2-7,12H,8-11,13-14H2,1H3. The summed E-state index contributed by atoms with van der Waals surface area (Å²) in [5.41, 5.74) is 0.811. The monoisotopic (exact) mass is 354 g/mol. The summed E-state index contributed by atoms with van der Waals surface area (Å²) >= 11 is 0. The Balaban J connectivity index is 1.33. The number of methoxy groups -OCH3 is 1. The summed E-state index contributed by atoms with van der Waals surface area (Å²) in [6, 6.07) is 11.2. The van der Waals surface area contributed by atoms with Crippen molar-refractivity contribution in [2.24, 2.45) is 5.41 Å². The van der Waals surface area contributed by atoms with Crippen LogP contribution in [0.1, 0.15) is 29.0 Å². The van der Waals surface area contributed by atoms with Gasteiger partial charge in [-0.2, -0.15) is 0 Å². The minimum atomic E-state index is -0.285. The highest BCUT2D eigenvalue weighted by molar-refractivity contribution is 5.92. The Bertz CT molecular complexity index is 790. The number of β-lactam (4-membered cyclic amide) rings is 1. The molecule has 4 rings (SSSR count). The van der Waals surface area contributed by atoms with Gasteiger partial charge in [0.15, 0.2) is 5.76 Å². The van der Waals surface area contributed by atoms with Crippen LogP contribution in [-0.4, -0.2) is 48.4 Å². The molecule has 2 aliphatic rings. The van der Waals surface area contributed by atoms with Crippen molar-refractivity contribution >= 4 is 11.8 Å². The van der Waals surface area contributed by atoms with Crippen LogP contribution in [0.25, 0.3) is 0 Å². The molecule has 1 spiro atoms. The third-order valence-electron chi connectivity index (χ3n) is 5.51. The van der Waals surface area contributed by atoms with Gasteiger partial charge < -0.3 is 19.0 Å². The highest BCUT2D eigenvalue weighted by Crippen LogP contribution is 2.42. The van der Waals surface area contributed by atoms with Crippen molar-refractivity contribution in [2.75, 3.05) is 26.7 Å². The number of benzene rings is 1. The van der Waals surface area contributed by atoms with Gasteiger partial charge in [-0.15, -0.1) is 0 Å². The van der Waals surface area contributed by atoms with Crippen LogP contribution in [0, 0.1) is 5.41 Å². The van der Waals surface area contributed by atoms with E-state index in [0.29, 0.717) is 25.4 Å². The second-order valence-electron chi connectivity index (χ2n) is 7.06. The number of carbonyl (C=O) groups is 2. The zero-order valence-electron chi connectivity index (χ0n) is 14.8. The van der Waals surface area contributed by atoms with Gasteiger partial charge in [-0.1, -0.05) is 12.1 Å².